The van der Waals surface area contributed by atoms with E-state index in [4.69, 9.17) is 0 Å². The second kappa shape index (κ2) is 37.3. The first-order valence-corrected chi connectivity index (χ1v) is 38.7. The van der Waals surface area contributed by atoms with Crippen LogP contribution in [-0.2, 0) is 12.8 Å². The topological polar surface area (TPSA) is 34.1 Å². The predicted octanol–water partition coefficient (Wildman–Crippen LogP) is 27.2. The maximum absolute atomic E-state index is 15.8. The van der Waals surface area contributed by atoms with Crippen molar-refractivity contribution in [3.05, 3.63) is 124 Å². The van der Waals surface area contributed by atoms with Gasteiger partial charge in [-0.3, -0.25) is 9.59 Å². The van der Waals surface area contributed by atoms with Gasteiger partial charge in [0.25, 0.3) is 0 Å². The highest BCUT2D eigenvalue weighted by molar-refractivity contribution is 7.24. The van der Waals surface area contributed by atoms with Crippen molar-refractivity contribution in [3.63, 3.8) is 0 Å². The van der Waals surface area contributed by atoms with Gasteiger partial charge in [-0.2, -0.15) is 0 Å². The molecule has 4 heterocycles. The molecule has 0 amide bonds. The number of aryl methyl sites for hydroxylation is 2. The molecule has 2 unspecified atom stereocenters. The minimum absolute atomic E-state index is 0.189. The molecular weight excluding hydrogens is 1120 g/mol. The Morgan fingerprint density at radius 2 is 0.640 bits per heavy atom. The highest BCUT2D eigenvalue weighted by atomic mass is 32.1. The van der Waals surface area contributed by atoms with Gasteiger partial charge >= 0.3 is 0 Å². The zero-order chi connectivity index (χ0) is 60.3. The first kappa shape index (κ1) is 68.0. The molecule has 0 aliphatic heterocycles. The molecule has 0 saturated carbocycles. The van der Waals surface area contributed by atoms with Crippen LogP contribution in [0.25, 0.3) is 75.1 Å². The van der Waals surface area contributed by atoms with E-state index in [1.807, 2.05) is 22.7 Å². The van der Waals surface area contributed by atoms with Crippen LogP contribution in [-0.4, -0.2) is 0 Å². The van der Waals surface area contributed by atoms with Gasteiger partial charge in [0, 0.05) is 60.9 Å². The van der Waals surface area contributed by atoms with Crippen LogP contribution in [0.1, 0.15) is 289 Å². The maximum atomic E-state index is 15.8. The highest BCUT2D eigenvalue weighted by Crippen LogP contribution is 2.44. The average Bonchev–Trinajstić information content (AvgIpc) is 1.56. The Labute approximate surface area is 537 Å². The number of rotatable bonds is 45. The molecule has 0 bridgehead atoms. The summed E-state index contributed by atoms with van der Waals surface area (Å²) in [6, 6.07) is 27.2. The molecule has 0 N–H and O–H groups in total. The molecule has 0 spiro atoms. The number of thiophene rings is 4. The summed E-state index contributed by atoms with van der Waals surface area (Å²) in [5, 5.41) is 6.43. The summed E-state index contributed by atoms with van der Waals surface area (Å²) in [4.78, 5) is 40.8. The van der Waals surface area contributed by atoms with Crippen LogP contribution in [0, 0.1) is 25.7 Å². The third kappa shape index (κ3) is 20.3. The number of hydrogen-bond donors (Lipinski definition) is 0. The van der Waals surface area contributed by atoms with Crippen molar-refractivity contribution in [3.8, 4) is 30.6 Å². The fraction of sp³-hybridized carbons (Fsp3) is 0.575. The van der Waals surface area contributed by atoms with E-state index < -0.39 is 0 Å². The number of unbranched alkanes of at least 4 members (excludes halogenated alkanes) is 28. The second-order valence-corrected chi connectivity index (χ2v) is 31.1. The van der Waals surface area contributed by atoms with Crippen LogP contribution < -0.4 is 10.9 Å². The summed E-state index contributed by atoms with van der Waals surface area (Å²) in [6.07, 6.45) is 53.7. The van der Waals surface area contributed by atoms with Crippen LogP contribution in [0.15, 0.2) is 82.4 Å². The largest absolute Gasteiger partial charge is 0.289 e. The van der Waals surface area contributed by atoms with Gasteiger partial charge in [0.05, 0.1) is 0 Å². The summed E-state index contributed by atoms with van der Waals surface area (Å²) in [7, 11) is 0. The molecule has 0 radical (unpaired) electrons. The Morgan fingerprint density at radius 1 is 0.326 bits per heavy atom. The van der Waals surface area contributed by atoms with Crippen LogP contribution in [0.2, 0.25) is 0 Å². The first-order chi connectivity index (χ1) is 42.2. The summed E-state index contributed by atoms with van der Waals surface area (Å²) >= 11 is 7.16. The highest BCUT2D eigenvalue weighted by Gasteiger charge is 2.26. The SMILES string of the molecule is CCCCCCCCCCCCC(CCCCCCCC)Cc1cc2c3cc(-c4ccc(-c5ccc(/C=C/c6ccc(C)s6)s5)s4)c(=O)c3c(CC(CCCCCCCC)CCCCCCCCCCCC)cc2c2cc(-c3ccc(C)s3)c(=O)c12. The van der Waals surface area contributed by atoms with Crippen molar-refractivity contribution in [2.24, 2.45) is 11.8 Å². The van der Waals surface area contributed by atoms with Gasteiger partial charge in [-0.1, -0.05) is 259 Å². The predicted molar refractivity (Wildman–Crippen MR) is 390 cm³/mol. The van der Waals surface area contributed by atoms with E-state index in [-0.39, 0.29) is 10.9 Å². The van der Waals surface area contributed by atoms with Crippen molar-refractivity contribution in [1.82, 2.24) is 0 Å². The normalized spacial score (nSPS) is 12.9. The molecule has 466 valence electrons. The summed E-state index contributed by atoms with van der Waals surface area (Å²) in [6.45, 7) is 13.6. The van der Waals surface area contributed by atoms with Crippen molar-refractivity contribution in [1.29, 1.82) is 0 Å². The third-order valence-electron chi connectivity index (χ3n) is 19.0. The number of benzene rings is 2. The zero-order valence-electron chi connectivity index (χ0n) is 54.6. The Bertz CT molecular complexity index is 3340. The van der Waals surface area contributed by atoms with Gasteiger partial charge in [0.15, 0.2) is 10.9 Å². The lowest BCUT2D eigenvalue weighted by molar-refractivity contribution is 0.401. The van der Waals surface area contributed by atoms with Crippen molar-refractivity contribution < 1.29 is 0 Å². The molecular formula is C80H110O2S4. The van der Waals surface area contributed by atoms with Crippen LogP contribution >= 0.6 is 45.3 Å². The first-order valence-electron chi connectivity index (χ1n) is 35.4. The molecule has 0 aliphatic rings. The van der Waals surface area contributed by atoms with E-state index in [1.54, 1.807) is 22.7 Å². The molecule has 6 heteroatoms. The zero-order valence-corrected chi connectivity index (χ0v) is 57.8. The van der Waals surface area contributed by atoms with E-state index in [0.717, 1.165) is 55.3 Å². The van der Waals surface area contributed by atoms with Gasteiger partial charge < -0.3 is 0 Å². The van der Waals surface area contributed by atoms with E-state index in [2.05, 4.69) is 126 Å². The minimum atomic E-state index is 0.189. The van der Waals surface area contributed by atoms with Crippen molar-refractivity contribution >= 4 is 89.8 Å². The maximum Gasteiger partial charge on any atom is 0.195 e. The summed E-state index contributed by atoms with van der Waals surface area (Å²) < 4.78 is 0. The minimum Gasteiger partial charge on any atom is -0.289 e. The van der Waals surface area contributed by atoms with Gasteiger partial charge in [-0.05, 0) is 156 Å². The standard InChI is InChI=1S/C80H110O2S4/c1-7-11-15-19-23-25-27-29-33-37-41-61(39-35-31-21-17-13-9-3)53-63-55-68-67(69-57-71(79(81)77(63)69)73-49-44-60(6)84-73)56-64(54-62(40-36-32-22-18-14-10-4)42-38-34-30-28-26-24-20-16-12-8-2)78-70(68)58-72(80(78)82)74-51-52-76(86-74)75-50-48-66(85-75)47-46-65-45-43-59(5)83-65/h43-52,55-58,61-62H,7-42,53-54H2,1-6H3/b47-46+. The molecule has 86 heavy (non-hydrogen) atoms. The molecule has 0 fully saturated rings. The van der Waals surface area contributed by atoms with E-state index in [0.29, 0.717) is 11.8 Å². The van der Waals surface area contributed by atoms with Gasteiger partial charge in [-0.15, -0.1) is 45.3 Å². The van der Waals surface area contributed by atoms with E-state index >= 15 is 9.59 Å². The number of fused-ring (bicyclic) bond motifs is 5. The molecule has 4 aromatic heterocycles. The molecule has 2 nitrogen and oxygen atoms in total. The van der Waals surface area contributed by atoms with Crippen LogP contribution in [0.4, 0.5) is 0 Å². The summed E-state index contributed by atoms with van der Waals surface area (Å²) in [5.41, 5.74) is 4.49. The van der Waals surface area contributed by atoms with E-state index in [9.17, 15) is 0 Å². The third-order valence-corrected chi connectivity index (χ3v) is 23.4. The van der Waals surface area contributed by atoms with Gasteiger partial charge in [0.1, 0.15) is 0 Å². The van der Waals surface area contributed by atoms with Gasteiger partial charge in [-0.25, -0.2) is 0 Å². The van der Waals surface area contributed by atoms with Gasteiger partial charge in [0.2, 0.25) is 0 Å². The quantitative estimate of drug-likeness (QED) is 0.0357. The fourth-order valence-corrected chi connectivity index (χ4v) is 17.7. The second-order valence-electron chi connectivity index (χ2n) is 26.3. The summed E-state index contributed by atoms with van der Waals surface area (Å²) in [5.74, 6) is 1.03. The number of hydrogen-bond acceptors (Lipinski definition) is 6. The lowest BCUT2D eigenvalue weighted by atomic mass is 9.84. The lowest BCUT2D eigenvalue weighted by Crippen LogP contribution is -2.10. The van der Waals surface area contributed by atoms with E-state index in [1.165, 1.54) is 282 Å². The van der Waals surface area contributed by atoms with Crippen molar-refractivity contribution in [2.75, 3.05) is 0 Å². The molecule has 0 aliphatic carbocycles. The Morgan fingerprint density at radius 3 is 1.02 bits per heavy atom. The fourth-order valence-electron chi connectivity index (χ4n) is 14.0. The molecule has 8 rings (SSSR count). The Hall–Kier alpha value is -3.94. The smallest absolute Gasteiger partial charge is 0.195 e. The average molecular weight is 1230 g/mol. The lowest BCUT2D eigenvalue weighted by Gasteiger charge is -2.20. The monoisotopic (exact) mass is 1230 g/mol. The Balaban J connectivity index is 1.18. The van der Waals surface area contributed by atoms with Crippen molar-refractivity contribution in [2.45, 2.75) is 286 Å². The van der Waals surface area contributed by atoms with Crippen LogP contribution in [0.3, 0.4) is 0 Å². The Kier molecular flexibility index (Phi) is 29.5. The van der Waals surface area contributed by atoms with Crippen LogP contribution in [0.5, 0.6) is 0 Å². The molecule has 0 saturated heterocycles. The molecule has 8 aromatic rings. The molecule has 2 atom stereocenters. The molecule has 4 aromatic carbocycles.